The number of hydrogen-bond donors (Lipinski definition) is 1. The van der Waals surface area contributed by atoms with Crippen LogP contribution in [0.1, 0.15) is 11.1 Å². The van der Waals surface area contributed by atoms with E-state index in [1.165, 1.54) is 7.11 Å². The molecule has 0 spiro atoms. The van der Waals surface area contributed by atoms with Gasteiger partial charge in [0.05, 0.1) is 26.3 Å². The van der Waals surface area contributed by atoms with Gasteiger partial charge in [-0.15, -0.1) is 0 Å². The fourth-order valence-electron chi connectivity index (χ4n) is 2.25. The molecular weight excluding hydrogens is 322 g/mol. The Morgan fingerprint density at radius 1 is 1.04 bits per heavy atom. The molecule has 0 aliphatic rings. The van der Waals surface area contributed by atoms with E-state index in [-0.39, 0.29) is 13.0 Å². The molecule has 2 aromatic rings. The van der Waals surface area contributed by atoms with E-state index in [9.17, 15) is 9.59 Å². The Bertz CT molecular complexity index is 757. The van der Waals surface area contributed by atoms with E-state index in [1.807, 2.05) is 31.2 Å². The first kappa shape index (κ1) is 18.3. The Morgan fingerprint density at radius 3 is 2.48 bits per heavy atom. The highest BCUT2D eigenvalue weighted by molar-refractivity contribution is 5.94. The molecule has 0 atom stereocenters. The van der Waals surface area contributed by atoms with Gasteiger partial charge in [-0.2, -0.15) is 0 Å². The fraction of sp³-hybridized carbons (Fsp3) is 0.263. The number of aryl methyl sites for hydroxylation is 1. The van der Waals surface area contributed by atoms with Crippen molar-refractivity contribution in [2.24, 2.45) is 0 Å². The number of nitrogens with one attached hydrogen (secondary N) is 1. The van der Waals surface area contributed by atoms with Gasteiger partial charge in [0.25, 0.3) is 5.91 Å². The van der Waals surface area contributed by atoms with Crippen LogP contribution in [0.25, 0.3) is 0 Å². The van der Waals surface area contributed by atoms with Crippen molar-refractivity contribution in [2.75, 3.05) is 26.1 Å². The monoisotopic (exact) mass is 343 g/mol. The lowest BCUT2D eigenvalue weighted by atomic mass is 10.1. The normalized spacial score (nSPS) is 10.0. The molecule has 25 heavy (non-hydrogen) atoms. The molecule has 0 aromatic heterocycles. The molecule has 1 N–H and O–H groups in total. The molecular formula is C19H21NO5. The van der Waals surface area contributed by atoms with Gasteiger partial charge in [-0.05, 0) is 30.2 Å². The van der Waals surface area contributed by atoms with Gasteiger partial charge >= 0.3 is 5.97 Å². The Balaban J connectivity index is 1.88. The number of amides is 1. The number of esters is 1. The standard InChI is InChI=1S/C19H21NO5/c1-13-6-4-5-7-14(13)10-19(22)25-12-18(21)20-16-9-8-15(23-2)11-17(16)24-3/h4-9,11H,10,12H2,1-3H3,(H,20,21). The van der Waals surface area contributed by atoms with Crippen molar-refractivity contribution < 1.29 is 23.8 Å². The van der Waals surface area contributed by atoms with Crippen molar-refractivity contribution >= 4 is 17.6 Å². The Hall–Kier alpha value is -3.02. The van der Waals surface area contributed by atoms with Crippen LogP contribution in [0.4, 0.5) is 5.69 Å². The van der Waals surface area contributed by atoms with Crippen LogP contribution < -0.4 is 14.8 Å². The van der Waals surface area contributed by atoms with Crippen LogP contribution in [-0.4, -0.2) is 32.7 Å². The second-order valence-electron chi connectivity index (χ2n) is 5.38. The van der Waals surface area contributed by atoms with E-state index >= 15 is 0 Å². The molecule has 0 bridgehead atoms. The van der Waals surface area contributed by atoms with Crippen LogP contribution in [0, 0.1) is 6.92 Å². The van der Waals surface area contributed by atoms with Crippen LogP contribution in [0.2, 0.25) is 0 Å². The summed E-state index contributed by atoms with van der Waals surface area (Å²) in [6, 6.07) is 12.6. The quantitative estimate of drug-likeness (QED) is 0.783. The molecule has 0 saturated heterocycles. The zero-order valence-corrected chi connectivity index (χ0v) is 14.5. The Morgan fingerprint density at radius 2 is 1.80 bits per heavy atom. The lowest BCUT2D eigenvalue weighted by Gasteiger charge is -2.12. The van der Waals surface area contributed by atoms with Crippen molar-refractivity contribution in [3.05, 3.63) is 53.6 Å². The van der Waals surface area contributed by atoms with Gasteiger partial charge in [0, 0.05) is 6.07 Å². The third-order valence-corrected chi connectivity index (χ3v) is 3.64. The molecule has 0 saturated carbocycles. The largest absolute Gasteiger partial charge is 0.497 e. The third-order valence-electron chi connectivity index (χ3n) is 3.64. The highest BCUT2D eigenvalue weighted by Crippen LogP contribution is 2.28. The summed E-state index contributed by atoms with van der Waals surface area (Å²) >= 11 is 0. The smallest absolute Gasteiger partial charge is 0.310 e. The minimum atomic E-state index is -0.453. The zero-order chi connectivity index (χ0) is 18.2. The average molecular weight is 343 g/mol. The van der Waals surface area contributed by atoms with E-state index in [4.69, 9.17) is 14.2 Å². The summed E-state index contributed by atoms with van der Waals surface area (Å²) in [4.78, 5) is 23.9. The zero-order valence-electron chi connectivity index (χ0n) is 14.5. The molecule has 1 amide bonds. The molecule has 132 valence electrons. The number of carbonyl (C=O) groups is 2. The number of methoxy groups -OCH3 is 2. The molecule has 0 aliphatic carbocycles. The molecule has 0 unspecified atom stereocenters. The van der Waals surface area contributed by atoms with Crippen molar-refractivity contribution in [2.45, 2.75) is 13.3 Å². The average Bonchev–Trinajstić information content (AvgIpc) is 2.62. The summed E-state index contributed by atoms with van der Waals surface area (Å²) in [5, 5.41) is 2.65. The number of carbonyl (C=O) groups excluding carboxylic acids is 2. The van der Waals surface area contributed by atoms with Gasteiger partial charge in [-0.25, -0.2) is 0 Å². The topological polar surface area (TPSA) is 73.9 Å². The molecule has 0 aliphatic heterocycles. The number of hydrogen-bond acceptors (Lipinski definition) is 5. The molecule has 2 aromatic carbocycles. The van der Waals surface area contributed by atoms with Gasteiger partial charge in [0.15, 0.2) is 6.61 Å². The van der Waals surface area contributed by atoms with Crippen molar-refractivity contribution in [3.8, 4) is 11.5 Å². The Kier molecular flexibility index (Phi) is 6.39. The summed E-state index contributed by atoms with van der Waals surface area (Å²) in [7, 11) is 3.04. The summed E-state index contributed by atoms with van der Waals surface area (Å²) in [6.45, 7) is 1.56. The van der Waals surface area contributed by atoms with Gasteiger partial charge in [0.1, 0.15) is 11.5 Å². The van der Waals surface area contributed by atoms with Gasteiger partial charge in [-0.3, -0.25) is 9.59 Å². The number of anilines is 1. The highest BCUT2D eigenvalue weighted by Gasteiger charge is 2.12. The van der Waals surface area contributed by atoms with E-state index < -0.39 is 11.9 Å². The highest BCUT2D eigenvalue weighted by atomic mass is 16.5. The summed E-state index contributed by atoms with van der Waals surface area (Å²) in [5.74, 6) is 0.172. The molecule has 2 rings (SSSR count). The summed E-state index contributed by atoms with van der Waals surface area (Å²) in [5.41, 5.74) is 2.36. The van der Waals surface area contributed by atoms with Crippen LogP contribution in [0.15, 0.2) is 42.5 Å². The van der Waals surface area contributed by atoms with Crippen molar-refractivity contribution in [1.82, 2.24) is 0 Å². The number of rotatable bonds is 7. The van der Waals surface area contributed by atoms with Crippen LogP contribution in [0.5, 0.6) is 11.5 Å². The minimum Gasteiger partial charge on any atom is -0.497 e. The molecule has 0 fully saturated rings. The number of benzene rings is 2. The molecule has 0 heterocycles. The van der Waals surface area contributed by atoms with E-state index in [2.05, 4.69) is 5.32 Å². The molecule has 6 heteroatoms. The first-order valence-electron chi connectivity index (χ1n) is 7.75. The van der Waals surface area contributed by atoms with Crippen molar-refractivity contribution in [3.63, 3.8) is 0 Å². The maximum atomic E-state index is 12.0. The van der Waals surface area contributed by atoms with E-state index in [0.29, 0.717) is 17.2 Å². The van der Waals surface area contributed by atoms with E-state index in [0.717, 1.165) is 11.1 Å². The maximum Gasteiger partial charge on any atom is 0.310 e. The molecule has 6 nitrogen and oxygen atoms in total. The first-order chi connectivity index (χ1) is 12.0. The summed E-state index contributed by atoms with van der Waals surface area (Å²) in [6.07, 6.45) is 0.131. The lowest BCUT2D eigenvalue weighted by molar-refractivity contribution is -0.146. The first-order valence-corrected chi connectivity index (χ1v) is 7.75. The van der Waals surface area contributed by atoms with E-state index in [1.54, 1.807) is 25.3 Å². The predicted octanol–water partition coefficient (Wildman–Crippen LogP) is 2.74. The second kappa shape index (κ2) is 8.73. The SMILES string of the molecule is COc1ccc(NC(=O)COC(=O)Cc2ccccc2C)c(OC)c1. The summed E-state index contributed by atoms with van der Waals surface area (Å²) < 4.78 is 15.3. The van der Waals surface area contributed by atoms with Gasteiger partial charge in [-0.1, -0.05) is 24.3 Å². The van der Waals surface area contributed by atoms with Gasteiger partial charge in [0.2, 0.25) is 0 Å². The van der Waals surface area contributed by atoms with Gasteiger partial charge < -0.3 is 19.5 Å². The molecule has 0 radical (unpaired) electrons. The Labute approximate surface area is 146 Å². The van der Waals surface area contributed by atoms with Crippen LogP contribution in [0.3, 0.4) is 0 Å². The fourth-order valence-corrected chi connectivity index (χ4v) is 2.25. The van der Waals surface area contributed by atoms with Crippen LogP contribution >= 0.6 is 0 Å². The minimum absolute atomic E-state index is 0.131. The van der Waals surface area contributed by atoms with Crippen LogP contribution in [-0.2, 0) is 20.7 Å². The van der Waals surface area contributed by atoms with Crippen molar-refractivity contribution in [1.29, 1.82) is 0 Å². The third kappa shape index (κ3) is 5.24. The lowest BCUT2D eigenvalue weighted by Crippen LogP contribution is -2.22. The maximum absolute atomic E-state index is 12.0. The second-order valence-corrected chi connectivity index (χ2v) is 5.38. The number of ether oxygens (including phenoxy) is 3. The predicted molar refractivity (Wildman–Crippen MR) is 94.0 cm³/mol.